The topological polar surface area (TPSA) is 38.3 Å². The lowest BCUT2D eigenvalue weighted by Crippen LogP contribution is -2.23. The first-order chi connectivity index (χ1) is 12.0. The van der Waals surface area contributed by atoms with Gasteiger partial charge in [-0.25, -0.2) is 0 Å². The largest absolute Gasteiger partial charge is 0.484 e. The highest BCUT2D eigenvalue weighted by atomic mass is 19.4. The molecule has 0 atom stereocenters. The van der Waals surface area contributed by atoms with Crippen LogP contribution < -0.4 is 10.1 Å². The van der Waals surface area contributed by atoms with Gasteiger partial charge < -0.3 is 10.1 Å². The molecule has 0 unspecified atom stereocenters. The molecule has 0 aliphatic carbocycles. The summed E-state index contributed by atoms with van der Waals surface area (Å²) in [5.41, 5.74) is -0.536. The molecule has 2 rings (SSSR count). The minimum absolute atomic E-state index is 0.00533. The Balaban J connectivity index is 1.93. The first-order valence-corrected chi connectivity index (χ1v) is 7.28. The van der Waals surface area contributed by atoms with Crippen LogP contribution in [-0.2, 0) is 12.7 Å². The second-order valence-corrected chi connectivity index (χ2v) is 5.31. The summed E-state index contributed by atoms with van der Waals surface area (Å²) in [5.74, 6) is -0.691. The van der Waals surface area contributed by atoms with Crippen molar-refractivity contribution in [1.82, 2.24) is 5.32 Å². The van der Waals surface area contributed by atoms with Crippen LogP contribution in [0.25, 0.3) is 0 Å². The van der Waals surface area contributed by atoms with Crippen LogP contribution >= 0.6 is 0 Å². The van der Waals surface area contributed by atoms with Crippen molar-refractivity contribution in [3.05, 3.63) is 65.2 Å². The Bertz CT molecular complexity index is 753. The molecule has 140 valence electrons. The number of amides is 1. The second-order valence-electron chi connectivity index (χ2n) is 5.31. The molecular weight excluding hydrogens is 364 g/mol. The van der Waals surface area contributed by atoms with Gasteiger partial charge in [0.25, 0.3) is 5.91 Å². The Morgan fingerprint density at radius 2 is 1.62 bits per heavy atom. The minimum atomic E-state index is -4.55. The zero-order valence-corrected chi connectivity index (χ0v) is 13.1. The van der Waals surface area contributed by atoms with Crippen LogP contribution in [0.3, 0.4) is 0 Å². The second kappa shape index (κ2) is 7.67. The van der Waals surface area contributed by atoms with Gasteiger partial charge in [0.05, 0.1) is 5.56 Å². The highest BCUT2D eigenvalue weighted by Crippen LogP contribution is 2.29. The van der Waals surface area contributed by atoms with Gasteiger partial charge in [-0.2, -0.15) is 26.3 Å². The Morgan fingerprint density at radius 1 is 0.962 bits per heavy atom. The van der Waals surface area contributed by atoms with Gasteiger partial charge in [-0.05, 0) is 35.9 Å². The number of carbonyl (C=O) groups is 1. The summed E-state index contributed by atoms with van der Waals surface area (Å²) in [4.78, 5) is 11.9. The molecule has 2 aromatic rings. The fourth-order valence-electron chi connectivity index (χ4n) is 1.99. The quantitative estimate of drug-likeness (QED) is 0.775. The molecule has 0 fully saturated rings. The van der Waals surface area contributed by atoms with Gasteiger partial charge in [0, 0.05) is 12.1 Å². The van der Waals surface area contributed by atoms with E-state index in [2.05, 4.69) is 10.1 Å². The van der Waals surface area contributed by atoms with E-state index >= 15 is 0 Å². The molecular formula is C17H13F6NO2. The average molecular weight is 377 g/mol. The van der Waals surface area contributed by atoms with E-state index < -0.39 is 30.4 Å². The van der Waals surface area contributed by atoms with E-state index in [0.717, 1.165) is 18.2 Å². The normalized spacial score (nSPS) is 11.9. The number of alkyl halides is 6. The maximum absolute atomic E-state index is 12.6. The summed E-state index contributed by atoms with van der Waals surface area (Å²) in [6, 6.07) is 9.47. The zero-order chi connectivity index (χ0) is 19.4. The Hall–Kier alpha value is -2.71. The molecule has 0 heterocycles. The number of carbonyl (C=O) groups excluding carboxylic acids is 1. The van der Waals surface area contributed by atoms with Gasteiger partial charge in [0.2, 0.25) is 0 Å². The molecule has 3 nitrogen and oxygen atoms in total. The van der Waals surface area contributed by atoms with E-state index in [0.29, 0.717) is 5.56 Å². The van der Waals surface area contributed by atoms with Crippen molar-refractivity contribution < 1.29 is 35.9 Å². The molecule has 0 spiro atoms. The molecule has 0 aromatic heterocycles. The van der Waals surface area contributed by atoms with Crippen molar-refractivity contribution in [1.29, 1.82) is 0 Å². The van der Waals surface area contributed by atoms with Gasteiger partial charge in [-0.15, -0.1) is 0 Å². The van der Waals surface area contributed by atoms with Crippen LogP contribution in [0.2, 0.25) is 0 Å². The summed E-state index contributed by atoms with van der Waals surface area (Å²) < 4.78 is 78.6. The predicted molar refractivity (Wildman–Crippen MR) is 80.6 cm³/mol. The Labute approximate surface area is 144 Å². The molecule has 1 N–H and O–H groups in total. The van der Waals surface area contributed by atoms with Crippen LogP contribution in [0.1, 0.15) is 21.5 Å². The monoisotopic (exact) mass is 377 g/mol. The molecule has 0 bridgehead atoms. The third-order valence-corrected chi connectivity index (χ3v) is 3.23. The molecule has 26 heavy (non-hydrogen) atoms. The summed E-state index contributed by atoms with van der Waals surface area (Å²) >= 11 is 0. The van der Waals surface area contributed by atoms with Crippen molar-refractivity contribution in [2.45, 2.75) is 18.9 Å². The average Bonchev–Trinajstić information content (AvgIpc) is 2.57. The van der Waals surface area contributed by atoms with Gasteiger partial charge >= 0.3 is 12.4 Å². The van der Waals surface area contributed by atoms with E-state index in [1.165, 1.54) is 30.3 Å². The number of benzene rings is 2. The number of hydrogen-bond donors (Lipinski definition) is 1. The molecule has 0 saturated heterocycles. The van der Waals surface area contributed by atoms with Crippen molar-refractivity contribution in [3.63, 3.8) is 0 Å². The fourth-order valence-corrected chi connectivity index (χ4v) is 1.99. The number of ether oxygens (including phenoxy) is 1. The summed E-state index contributed by atoms with van der Waals surface area (Å²) in [7, 11) is 0. The third-order valence-electron chi connectivity index (χ3n) is 3.23. The Morgan fingerprint density at radius 3 is 2.19 bits per heavy atom. The highest BCUT2D eigenvalue weighted by molar-refractivity contribution is 5.94. The smallest absolute Gasteiger partial charge is 0.422 e. The minimum Gasteiger partial charge on any atom is -0.484 e. The van der Waals surface area contributed by atoms with Gasteiger partial charge in [-0.3, -0.25) is 4.79 Å². The lowest BCUT2D eigenvalue weighted by Gasteiger charge is -2.11. The maximum atomic E-state index is 12.6. The van der Waals surface area contributed by atoms with E-state index in [1.807, 2.05) is 0 Å². The highest BCUT2D eigenvalue weighted by Gasteiger charge is 2.31. The summed E-state index contributed by atoms with van der Waals surface area (Å²) in [6.07, 6.45) is -9.00. The molecule has 2 aromatic carbocycles. The lowest BCUT2D eigenvalue weighted by atomic mass is 10.1. The summed E-state index contributed by atoms with van der Waals surface area (Å²) in [5, 5.41) is 2.44. The number of halogens is 6. The SMILES string of the molecule is O=C(NCc1ccc(OCC(F)(F)F)cc1)c1cccc(C(F)(F)F)c1. The van der Waals surface area contributed by atoms with Crippen LogP contribution in [-0.4, -0.2) is 18.7 Å². The van der Waals surface area contributed by atoms with Crippen molar-refractivity contribution in [2.24, 2.45) is 0 Å². The van der Waals surface area contributed by atoms with Gasteiger partial charge in [0.15, 0.2) is 6.61 Å². The predicted octanol–water partition coefficient (Wildman–Crippen LogP) is 4.58. The first kappa shape index (κ1) is 19.6. The fraction of sp³-hybridized carbons (Fsp3) is 0.235. The Kier molecular flexibility index (Phi) is 5.79. The van der Waals surface area contributed by atoms with E-state index in [-0.39, 0.29) is 17.9 Å². The molecule has 0 aliphatic rings. The van der Waals surface area contributed by atoms with Crippen LogP contribution in [0.4, 0.5) is 26.3 Å². The third kappa shape index (κ3) is 5.98. The number of rotatable bonds is 5. The lowest BCUT2D eigenvalue weighted by molar-refractivity contribution is -0.153. The van der Waals surface area contributed by atoms with Crippen molar-refractivity contribution in [2.75, 3.05) is 6.61 Å². The molecule has 0 aliphatic heterocycles. The van der Waals surface area contributed by atoms with Crippen LogP contribution in [0.15, 0.2) is 48.5 Å². The van der Waals surface area contributed by atoms with Gasteiger partial charge in [0.1, 0.15) is 5.75 Å². The number of hydrogen-bond acceptors (Lipinski definition) is 2. The van der Waals surface area contributed by atoms with E-state index in [1.54, 1.807) is 0 Å². The number of nitrogens with one attached hydrogen (secondary N) is 1. The standard InChI is InChI=1S/C17H13F6NO2/c18-16(19,20)10-26-14-6-4-11(5-7-14)9-24-15(25)12-2-1-3-13(8-12)17(21,22)23/h1-8H,9-10H2,(H,24,25). The zero-order valence-electron chi connectivity index (χ0n) is 13.1. The van der Waals surface area contributed by atoms with Crippen LogP contribution in [0.5, 0.6) is 5.75 Å². The maximum Gasteiger partial charge on any atom is 0.422 e. The van der Waals surface area contributed by atoms with E-state index in [4.69, 9.17) is 0 Å². The first-order valence-electron chi connectivity index (χ1n) is 7.28. The van der Waals surface area contributed by atoms with E-state index in [9.17, 15) is 31.1 Å². The van der Waals surface area contributed by atoms with Crippen molar-refractivity contribution >= 4 is 5.91 Å². The molecule has 1 amide bonds. The van der Waals surface area contributed by atoms with Crippen LogP contribution in [0, 0.1) is 0 Å². The molecule has 9 heteroatoms. The van der Waals surface area contributed by atoms with Gasteiger partial charge in [-0.1, -0.05) is 18.2 Å². The molecule has 0 saturated carbocycles. The van der Waals surface area contributed by atoms with Crippen molar-refractivity contribution in [3.8, 4) is 5.75 Å². The summed E-state index contributed by atoms with van der Waals surface area (Å²) in [6.45, 7) is -1.42. The molecule has 0 radical (unpaired) electrons.